The number of hydrogen-bond acceptors (Lipinski definition) is 6. The third-order valence-electron chi connectivity index (χ3n) is 5.97. The molecule has 0 bridgehead atoms. The molecule has 1 aliphatic heterocycles. The van der Waals surface area contributed by atoms with E-state index in [-0.39, 0.29) is 12.1 Å². The number of hydrogen-bond donors (Lipinski definition) is 1. The van der Waals surface area contributed by atoms with Crippen molar-refractivity contribution in [2.75, 3.05) is 31.1 Å². The molecule has 1 saturated heterocycles. The van der Waals surface area contributed by atoms with E-state index in [0.29, 0.717) is 17.9 Å². The Morgan fingerprint density at radius 2 is 1.64 bits per heavy atom. The van der Waals surface area contributed by atoms with Crippen LogP contribution in [-0.4, -0.2) is 48.1 Å². The largest absolute Gasteiger partial charge is 0.459 e. The molecule has 1 fully saturated rings. The van der Waals surface area contributed by atoms with Crippen molar-refractivity contribution >= 4 is 11.8 Å². The van der Waals surface area contributed by atoms with Crippen molar-refractivity contribution in [3.63, 3.8) is 0 Å². The molecule has 2 aromatic carbocycles. The van der Waals surface area contributed by atoms with Gasteiger partial charge in [0.25, 0.3) is 0 Å². The molecule has 3 aromatic rings. The summed E-state index contributed by atoms with van der Waals surface area (Å²) >= 11 is 0. The van der Waals surface area contributed by atoms with Gasteiger partial charge in [0.15, 0.2) is 0 Å². The van der Waals surface area contributed by atoms with Gasteiger partial charge in [-0.05, 0) is 36.6 Å². The van der Waals surface area contributed by atoms with Crippen LogP contribution < -0.4 is 10.6 Å². The number of piperazine rings is 1. The Labute approximate surface area is 196 Å². The minimum absolute atomic E-state index is 0.200. The van der Waals surface area contributed by atoms with Gasteiger partial charge in [0.2, 0.25) is 0 Å². The van der Waals surface area contributed by atoms with Crippen molar-refractivity contribution in [2.45, 2.75) is 33.0 Å². The van der Waals surface area contributed by atoms with Crippen LogP contribution in [0.25, 0.3) is 11.1 Å². The van der Waals surface area contributed by atoms with E-state index in [1.807, 2.05) is 56.3 Å². The van der Waals surface area contributed by atoms with Crippen LogP contribution in [0.2, 0.25) is 0 Å². The predicted molar refractivity (Wildman–Crippen MR) is 132 cm³/mol. The second kappa shape index (κ2) is 10.6. The molecular formula is C27H32N4O2. The van der Waals surface area contributed by atoms with Gasteiger partial charge < -0.3 is 15.4 Å². The topological polar surface area (TPSA) is 71.7 Å². The van der Waals surface area contributed by atoms with Crippen LogP contribution in [0.1, 0.15) is 35.3 Å². The van der Waals surface area contributed by atoms with E-state index in [1.165, 1.54) is 11.1 Å². The Morgan fingerprint density at radius 3 is 2.30 bits per heavy atom. The predicted octanol–water partition coefficient (Wildman–Crippen LogP) is 4.09. The third-order valence-corrected chi connectivity index (χ3v) is 5.97. The van der Waals surface area contributed by atoms with Crippen LogP contribution in [-0.2, 0) is 17.8 Å². The van der Waals surface area contributed by atoms with E-state index in [9.17, 15) is 4.79 Å². The zero-order valence-corrected chi connectivity index (χ0v) is 19.4. The van der Waals surface area contributed by atoms with Gasteiger partial charge in [0.1, 0.15) is 11.4 Å². The molecule has 4 rings (SSSR count). The number of rotatable bonds is 7. The normalized spacial score (nSPS) is 14.5. The molecule has 0 saturated carbocycles. The molecule has 2 heterocycles. The van der Waals surface area contributed by atoms with E-state index in [4.69, 9.17) is 10.5 Å². The first kappa shape index (κ1) is 23.0. The second-order valence-corrected chi connectivity index (χ2v) is 8.61. The lowest BCUT2D eigenvalue weighted by Gasteiger charge is -2.36. The van der Waals surface area contributed by atoms with Crippen LogP contribution >= 0.6 is 0 Å². The van der Waals surface area contributed by atoms with Crippen LogP contribution in [0.4, 0.5) is 5.82 Å². The molecule has 1 aromatic heterocycles. The van der Waals surface area contributed by atoms with Gasteiger partial charge in [0.05, 0.1) is 6.10 Å². The monoisotopic (exact) mass is 444 g/mol. The highest BCUT2D eigenvalue weighted by molar-refractivity contribution is 6.02. The van der Waals surface area contributed by atoms with Gasteiger partial charge in [0, 0.05) is 51.0 Å². The molecule has 6 heteroatoms. The highest BCUT2D eigenvalue weighted by Crippen LogP contribution is 2.31. The SMILES string of the molecule is CC(C)OC(=O)c1c(-c2ccccc2)ccnc1N1CCN(Cc2ccccc2CN)CC1. The molecule has 2 N–H and O–H groups in total. The van der Waals surface area contributed by atoms with Crippen LogP contribution in [0.15, 0.2) is 66.9 Å². The molecular weight excluding hydrogens is 412 g/mol. The Hall–Kier alpha value is -3.22. The molecule has 6 nitrogen and oxygen atoms in total. The molecule has 33 heavy (non-hydrogen) atoms. The van der Waals surface area contributed by atoms with Gasteiger partial charge in [-0.1, -0.05) is 54.6 Å². The summed E-state index contributed by atoms with van der Waals surface area (Å²) < 4.78 is 5.63. The summed E-state index contributed by atoms with van der Waals surface area (Å²) in [6, 6.07) is 20.2. The van der Waals surface area contributed by atoms with Gasteiger partial charge in [-0.15, -0.1) is 0 Å². The van der Waals surface area contributed by atoms with Crippen LogP contribution in [0.3, 0.4) is 0 Å². The third kappa shape index (κ3) is 5.41. The van der Waals surface area contributed by atoms with Crippen molar-refractivity contribution < 1.29 is 9.53 Å². The van der Waals surface area contributed by atoms with E-state index in [2.05, 4.69) is 33.0 Å². The number of ether oxygens (including phenoxy) is 1. The number of nitrogens with zero attached hydrogens (tertiary/aromatic N) is 3. The van der Waals surface area contributed by atoms with Gasteiger partial charge in [-0.25, -0.2) is 9.78 Å². The summed E-state index contributed by atoms with van der Waals surface area (Å²) in [5.41, 5.74) is 10.8. The maximum Gasteiger partial charge on any atom is 0.342 e. The number of carbonyl (C=O) groups is 1. The Bertz CT molecular complexity index is 1080. The molecule has 0 unspecified atom stereocenters. The highest BCUT2D eigenvalue weighted by atomic mass is 16.5. The molecule has 0 atom stereocenters. The summed E-state index contributed by atoms with van der Waals surface area (Å²) in [6.45, 7) is 8.51. The fourth-order valence-electron chi connectivity index (χ4n) is 4.29. The first-order valence-corrected chi connectivity index (χ1v) is 11.6. The van der Waals surface area contributed by atoms with Crippen LogP contribution in [0, 0.1) is 0 Å². The standard InChI is InChI=1S/C27H32N4O2/c1-20(2)33-27(32)25-24(21-8-4-3-5-9-21)12-13-29-26(25)31-16-14-30(15-17-31)19-23-11-7-6-10-22(23)18-28/h3-13,20H,14-19,28H2,1-2H3. The number of benzene rings is 2. The lowest BCUT2D eigenvalue weighted by molar-refractivity contribution is 0.0379. The summed E-state index contributed by atoms with van der Waals surface area (Å²) in [5.74, 6) is 0.371. The molecule has 0 amide bonds. The van der Waals surface area contributed by atoms with Crippen molar-refractivity contribution in [1.29, 1.82) is 0 Å². The van der Waals surface area contributed by atoms with Gasteiger partial charge in [-0.3, -0.25) is 4.90 Å². The highest BCUT2D eigenvalue weighted by Gasteiger charge is 2.27. The van der Waals surface area contributed by atoms with Crippen molar-refractivity contribution in [3.05, 3.63) is 83.6 Å². The zero-order chi connectivity index (χ0) is 23.2. The van der Waals surface area contributed by atoms with Crippen molar-refractivity contribution in [3.8, 4) is 11.1 Å². The molecule has 172 valence electrons. The molecule has 0 aliphatic carbocycles. The van der Waals surface area contributed by atoms with E-state index >= 15 is 0 Å². The Kier molecular flexibility index (Phi) is 7.37. The average molecular weight is 445 g/mol. The van der Waals surface area contributed by atoms with Gasteiger partial charge in [-0.2, -0.15) is 0 Å². The summed E-state index contributed by atoms with van der Waals surface area (Å²) in [4.78, 5) is 22.5. The summed E-state index contributed by atoms with van der Waals surface area (Å²) in [5, 5.41) is 0. The van der Waals surface area contributed by atoms with Crippen molar-refractivity contribution in [2.24, 2.45) is 5.73 Å². The number of anilines is 1. The van der Waals surface area contributed by atoms with E-state index < -0.39 is 0 Å². The lowest BCUT2D eigenvalue weighted by Crippen LogP contribution is -2.47. The minimum Gasteiger partial charge on any atom is -0.459 e. The molecule has 0 radical (unpaired) electrons. The first-order chi connectivity index (χ1) is 16.1. The maximum atomic E-state index is 13.2. The number of pyridine rings is 1. The average Bonchev–Trinajstić information content (AvgIpc) is 2.84. The lowest BCUT2D eigenvalue weighted by atomic mass is 10.00. The van der Waals surface area contributed by atoms with E-state index in [0.717, 1.165) is 43.9 Å². The fourth-order valence-corrected chi connectivity index (χ4v) is 4.29. The first-order valence-electron chi connectivity index (χ1n) is 11.6. The quantitative estimate of drug-likeness (QED) is 0.554. The number of esters is 1. The minimum atomic E-state index is -0.328. The smallest absolute Gasteiger partial charge is 0.342 e. The summed E-state index contributed by atoms with van der Waals surface area (Å²) in [7, 11) is 0. The number of carbonyl (C=O) groups excluding carboxylic acids is 1. The summed E-state index contributed by atoms with van der Waals surface area (Å²) in [6.07, 6.45) is 1.59. The zero-order valence-electron chi connectivity index (χ0n) is 19.4. The number of nitrogens with two attached hydrogens (primary N) is 1. The molecule has 1 aliphatic rings. The fraction of sp³-hybridized carbons (Fsp3) is 0.333. The maximum absolute atomic E-state index is 13.2. The Balaban J connectivity index is 1.57. The number of aromatic nitrogens is 1. The van der Waals surface area contributed by atoms with Gasteiger partial charge >= 0.3 is 5.97 Å². The molecule has 0 spiro atoms. The van der Waals surface area contributed by atoms with Crippen molar-refractivity contribution in [1.82, 2.24) is 9.88 Å². The second-order valence-electron chi connectivity index (χ2n) is 8.61. The van der Waals surface area contributed by atoms with Crippen LogP contribution in [0.5, 0.6) is 0 Å². The Morgan fingerprint density at radius 1 is 0.970 bits per heavy atom. The van der Waals surface area contributed by atoms with E-state index in [1.54, 1.807) is 6.20 Å².